The number of carbonyl (C=O) groups is 2. The highest BCUT2D eigenvalue weighted by molar-refractivity contribution is 7.99. The minimum atomic E-state index is -0.364. The summed E-state index contributed by atoms with van der Waals surface area (Å²) in [4.78, 5) is 27.5. The molecule has 0 unspecified atom stereocenters. The van der Waals surface area contributed by atoms with E-state index in [0.29, 0.717) is 29.1 Å². The largest absolute Gasteiger partial charge is 0.449 e. The van der Waals surface area contributed by atoms with Crippen LogP contribution < -0.4 is 15.0 Å². The van der Waals surface area contributed by atoms with Crippen LogP contribution in [-0.2, 0) is 11.3 Å². The van der Waals surface area contributed by atoms with Crippen LogP contribution in [0.15, 0.2) is 78.6 Å². The molecule has 0 atom stereocenters. The minimum absolute atomic E-state index is 0.0848. The summed E-state index contributed by atoms with van der Waals surface area (Å²) < 4.78 is 20.3. The first-order chi connectivity index (χ1) is 19.1. The lowest BCUT2D eigenvalue weighted by molar-refractivity contribution is -0.117. The Balaban J connectivity index is 1.21. The molecule has 1 fully saturated rings. The molecule has 1 N–H and O–H groups in total. The molecule has 2 aliphatic rings. The Hall–Kier alpha value is -3.58. The number of hydrogen-bond acceptors (Lipinski definition) is 4. The number of amides is 2. The van der Waals surface area contributed by atoms with E-state index in [1.54, 1.807) is 60.7 Å². The summed E-state index contributed by atoms with van der Waals surface area (Å²) in [5, 5.41) is 3.79. The van der Waals surface area contributed by atoms with Gasteiger partial charge in [-0.15, -0.1) is 0 Å². The zero-order valence-corrected chi connectivity index (χ0v) is 22.7. The van der Waals surface area contributed by atoms with E-state index in [-0.39, 0.29) is 29.9 Å². The van der Waals surface area contributed by atoms with Gasteiger partial charge in [-0.2, -0.15) is 11.8 Å². The van der Waals surface area contributed by atoms with Crippen molar-refractivity contribution in [2.45, 2.75) is 50.3 Å². The number of thioether (sulfide) groups is 1. The Bertz CT molecular complexity index is 1340. The highest BCUT2D eigenvalue weighted by Crippen LogP contribution is 2.36. The topological polar surface area (TPSA) is 58.6 Å². The molecule has 3 aromatic rings. The van der Waals surface area contributed by atoms with Gasteiger partial charge in [0.1, 0.15) is 5.82 Å². The maximum atomic E-state index is 14.4. The number of para-hydroxylation sites is 2. The van der Waals surface area contributed by atoms with Gasteiger partial charge in [-0.25, -0.2) is 4.39 Å². The molecule has 3 aromatic carbocycles. The Morgan fingerprint density at radius 3 is 2.54 bits per heavy atom. The van der Waals surface area contributed by atoms with E-state index < -0.39 is 0 Å². The molecule has 1 saturated carbocycles. The number of fused-ring (bicyclic) bond motifs is 1. The summed E-state index contributed by atoms with van der Waals surface area (Å²) in [5.41, 5.74) is 2.31. The molecule has 0 bridgehead atoms. The molecular formula is C32H33FN2O3S. The van der Waals surface area contributed by atoms with Gasteiger partial charge < -0.3 is 10.1 Å². The molecule has 1 heterocycles. The van der Waals surface area contributed by atoms with E-state index in [4.69, 9.17) is 4.74 Å². The fraction of sp³-hybridized carbons (Fsp3) is 0.312. The standard InChI is InChI=1S/C32H33FN2O3S/c33-27-12-5-4-9-25(27)22-35-28-13-6-7-14-29(28)38-30(32(35)37)21-23-15-17-24(18-16-23)31(36)34-19-8-20-39-26-10-2-1-3-11-26/h4-7,9,12-18,21,26H,1-3,8,10-11,19-20,22H2,(H,34,36)/b30-21-. The Labute approximate surface area is 233 Å². The van der Waals surface area contributed by atoms with Gasteiger partial charge in [-0.05, 0) is 67.0 Å². The predicted molar refractivity (Wildman–Crippen MR) is 155 cm³/mol. The van der Waals surface area contributed by atoms with Crippen molar-refractivity contribution in [1.29, 1.82) is 0 Å². The molecule has 39 heavy (non-hydrogen) atoms. The number of carbonyl (C=O) groups excluding carboxylic acids is 2. The Morgan fingerprint density at radius 1 is 1.00 bits per heavy atom. The van der Waals surface area contributed by atoms with Crippen molar-refractivity contribution in [3.05, 3.63) is 101 Å². The number of nitrogens with zero attached hydrogens (tertiary/aromatic N) is 1. The van der Waals surface area contributed by atoms with Crippen molar-refractivity contribution in [2.75, 3.05) is 17.2 Å². The molecule has 7 heteroatoms. The van der Waals surface area contributed by atoms with E-state index in [0.717, 1.165) is 23.0 Å². The van der Waals surface area contributed by atoms with Crippen LogP contribution in [0.4, 0.5) is 10.1 Å². The molecule has 202 valence electrons. The second-order valence-corrected chi connectivity index (χ2v) is 11.3. The number of hydrogen-bond donors (Lipinski definition) is 1. The summed E-state index contributed by atoms with van der Waals surface area (Å²) in [6.45, 7) is 0.742. The smallest absolute Gasteiger partial charge is 0.294 e. The number of anilines is 1. The zero-order valence-electron chi connectivity index (χ0n) is 21.9. The number of benzene rings is 3. The normalized spacial score (nSPS) is 16.6. The maximum absolute atomic E-state index is 14.4. The molecule has 5 nitrogen and oxygen atoms in total. The van der Waals surface area contributed by atoms with Crippen molar-refractivity contribution >= 4 is 35.3 Å². The van der Waals surface area contributed by atoms with Gasteiger partial charge in [0.05, 0.1) is 12.2 Å². The van der Waals surface area contributed by atoms with Crippen LogP contribution in [-0.4, -0.2) is 29.4 Å². The van der Waals surface area contributed by atoms with Gasteiger partial charge in [-0.3, -0.25) is 14.5 Å². The average Bonchev–Trinajstić information content (AvgIpc) is 2.97. The summed E-state index contributed by atoms with van der Waals surface area (Å²) in [6.07, 6.45) is 9.33. The molecule has 1 aliphatic heterocycles. The van der Waals surface area contributed by atoms with Crippen LogP contribution in [0.1, 0.15) is 60.0 Å². The maximum Gasteiger partial charge on any atom is 0.294 e. The number of ether oxygens (including phenoxy) is 1. The summed E-state index contributed by atoms with van der Waals surface area (Å²) in [5.74, 6) is 0.908. The van der Waals surface area contributed by atoms with Crippen molar-refractivity contribution in [3.8, 4) is 5.75 Å². The van der Waals surface area contributed by atoms with Crippen molar-refractivity contribution in [1.82, 2.24) is 5.32 Å². The van der Waals surface area contributed by atoms with Crippen molar-refractivity contribution in [3.63, 3.8) is 0 Å². The van der Waals surface area contributed by atoms with E-state index >= 15 is 0 Å². The summed E-state index contributed by atoms with van der Waals surface area (Å²) in [7, 11) is 0. The lowest BCUT2D eigenvalue weighted by Crippen LogP contribution is -2.37. The first kappa shape index (κ1) is 27.0. The SMILES string of the molecule is O=C(NCCCSC1CCCCC1)c1ccc(/C=C2\Oc3ccccc3N(Cc3ccccc3F)C2=O)cc1. The second-order valence-electron chi connectivity index (χ2n) is 9.92. The van der Waals surface area contributed by atoms with E-state index in [9.17, 15) is 14.0 Å². The first-order valence-electron chi connectivity index (χ1n) is 13.6. The van der Waals surface area contributed by atoms with Crippen LogP contribution in [0, 0.1) is 5.82 Å². The van der Waals surface area contributed by atoms with Gasteiger partial charge in [0, 0.05) is 22.9 Å². The van der Waals surface area contributed by atoms with Gasteiger partial charge in [0.2, 0.25) is 0 Å². The average molecular weight is 545 g/mol. The molecule has 0 spiro atoms. The van der Waals surface area contributed by atoms with Crippen LogP contribution in [0.2, 0.25) is 0 Å². The molecule has 5 rings (SSSR count). The molecule has 2 amide bonds. The van der Waals surface area contributed by atoms with E-state index in [1.807, 2.05) is 23.9 Å². The van der Waals surface area contributed by atoms with Gasteiger partial charge >= 0.3 is 0 Å². The van der Waals surface area contributed by atoms with Gasteiger partial charge in [0.25, 0.3) is 11.8 Å². The highest BCUT2D eigenvalue weighted by Gasteiger charge is 2.30. The third-order valence-electron chi connectivity index (χ3n) is 7.10. The quantitative estimate of drug-likeness (QED) is 0.233. The van der Waals surface area contributed by atoms with Gasteiger partial charge in [0.15, 0.2) is 11.5 Å². The molecular weight excluding hydrogens is 511 g/mol. The third kappa shape index (κ3) is 6.90. The van der Waals surface area contributed by atoms with Crippen LogP contribution in [0.25, 0.3) is 6.08 Å². The summed E-state index contributed by atoms with van der Waals surface area (Å²) in [6, 6.07) is 20.7. The molecule has 0 saturated heterocycles. The van der Waals surface area contributed by atoms with E-state index in [2.05, 4.69) is 5.32 Å². The Morgan fingerprint density at radius 2 is 1.74 bits per heavy atom. The predicted octanol–water partition coefficient (Wildman–Crippen LogP) is 6.98. The van der Waals surface area contributed by atoms with Gasteiger partial charge in [-0.1, -0.05) is 61.7 Å². The van der Waals surface area contributed by atoms with Crippen LogP contribution in [0.3, 0.4) is 0 Å². The monoisotopic (exact) mass is 544 g/mol. The van der Waals surface area contributed by atoms with Crippen LogP contribution in [0.5, 0.6) is 5.75 Å². The first-order valence-corrected chi connectivity index (χ1v) is 14.7. The highest BCUT2D eigenvalue weighted by atomic mass is 32.2. The third-order valence-corrected chi connectivity index (χ3v) is 8.57. The lowest BCUT2D eigenvalue weighted by atomic mass is 10.0. The van der Waals surface area contributed by atoms with Crippen molar-refractivity contribution < 1.29 is 18.7 Å². The molecule has 0 radical (unpaired) electrons. The zero-order chi connectivity index (χ0) is 27.0. The van der Waals surface area contributed by atoms with E-state index in [1.165, 1.54) is 43.1 Å². The minimum Gasteiger partial charge on any atom is -0.449 e. The fourth-order valence-electron chi connectivity index (χ4n) is 4.96. The fourth-order valence-corrected chi connectivity index (χ4v) is 6.27. The molecule has 0 aromatic heterocycles. The number of nitrogens with one attached hydrogen (secondary N) is 1. The number of halogens is 1. The Kier molecular flexibility index (Phi) is 8.99. The lowest BCUT2D eigenvalue weighted by Gasteiger charge is -2.30. The van der Waals surface area contributed by atoms with Crippen molar-refractivity contribution in [2.24, 2.45) is 0 Å². The second kappa shape index (κ2) is 13.0. The molecule has 1 aliphatic carbocycles. The summed E-state index contributed by atoms with van der Waals surface area (Å²) >= 11 is 2.04. The number of rotatable bonds is 9. The van der Waals surface area contributed by atoms with Crippen LogP contribution >= 0.6 is 11.8 Å².